The molecule has 0 radical (unpaired) electrons. The van der Waals surface area contributed by atoms with Crippen LogP contribution < -0.4 is 4.72 Å². The molecule has 7 heteroatoms. The Morgan fingerprint density at radius 2 is 1.30 bits per heavy atom. The van der Waals surface area contributed by atoms with Gasteiger partial charge in [0.15, 0.2) is 0 Å². The monoisotopic (exact) mass is 567 g/mol. The van der Waals surface area contributed by atoms with Gasteiger partial charge in [0.1, 0.15) is 12.1 Å². The maximum atomic E-state index is 13.3. The summed E-state index contributed by atoms with van der Waals surface area (Å²) >= 11 is 0. The summed E-state index contributed by atoms with van der Waals surface area (Å²) < 4.78 is 34.5. The molecule has 3 aromatic carbocycles. The van der Waals surface area contributed by atoms with Crippen LogP contribution >= 0.6 is 0 Å². The summed E-state index contributed by atoms with van der Waals surface area (Å²) in [7, 11) is -4.12. The standard InChI is InChI=1S/C33H45NO5S/c1-2-3-4-5-6-7-8-9-10-11-12-18-25-39-33(36)31(32(35)28-20-14-13-15-21-28)34-40(37,38)30-24-23-27-19-16-17-22-29(27)26-30/h13-17,19-24,26,31-32,34-35H,2-12,18,25H2,1H3/t31-,32+/m0/s1. The molecule has 2 N–H and O–H groups in total. The van der Waals surface area contributed by atoms with Gasteiger partial charge in [-0.05, 0) is 34.9 Å². The minimum Gasteiger partial charge on any atom is -0.464 e. The number of nitrogens with one attached hydrogen (secondary N) is 1. The predicted octanol–water partition coefficient (Wildman–Crippen LogP) is 7.46. The van der Waals surface area contributed by atoms with Gasteiger partial charge in [-0.2, -0.15) is 4.72 Å². The number of aliphatic hydroxyl groups is 1. The van der Waals surface area contributed by atoms with Crippen LogP contribution in [0.1, 0.15) is 95.6 Å². The Bertz CT molecular complexity index is 1260. The van der Waals surface area contributed by atoms with Crippen molar-refractivity contribution in [3.8, 4) is 0 Å². The summed E-state index contributed by atoms with van der Waals surface area (Å²) in [5.74, 6) is -0.788. The van der Waals surface area contributed by atoms with E-state index in [0.29, 0.717) is 12.0 Å². The number of esters is 1. The highest BCUT2D eigenvalue weighted by Crippen LogP contribution is 2.23. The smallest absolute Gasteiger partial charge is 0.327 e. The first-order valence-corrected chi connectivity index (χ1v) is 16.3. The summed E-state index contributed by atoms with van der Waals surface area (Å²) in [6.45, 7) is 2.42. The first kappa shape index (κ1) is 31.8. The third-order valence-electron chi connectivity index (χ3n) is 7.27. The summed E-state index contributed by atoms with van der Waals surface area (Å²) in [4.78, 5) is 13.1. The molecule has 0 saturated carbocycles. The highest BCUT2D eigenvalue weighted by Gasteiger charge is 2.34. The van der Waals surface area contributed by atoms with Gasteiger partial charge in [0.2, 0.25) is 10.0 Å². The predicted molar refractivity (Wildman–Crippen MR) is 161 cm³/mol. The van der Waals surface area contributed by atoms with E-state index >= 15 is 0 Å². The van der Waals surface area contributed by atoms with Gasteiger partial charge in [0, 0.05) is 0 Å². The quantitative estimate of drug-likeness (QED) is 0.116. The van der Waals surface area contributed by atoms with E-state index in [-0.39, 0.29) is 11.5 Å². The average molecular weight is 568 g/mol. The molecule has 3 aromatic rings. The van der Waals surface area contributed by atoms with Crippen molar-refractivity contribution in [2.24, 2.45) is 0 Å². The molecule has 0 amide bonds. The minimum absolute atomic E-state index is 0.0187. The number of carbonyl (C=O) groups is 1. The Labute approximate surface area is 240 Å². The number of ether oxygens (including phenoxy) is 1. The normalized spacial score (nSPS) is 13.2. The van der Waals surface area contributed by atoms with Crippen molar-refractivity contribution < 1.29 is 23.1 Å². The van der Waals surface area contributed by atoms with E-state index in [1.165, 1.54) is 63.9 Å². The van der Waals surface area contributed by atoms with Gasteiger partial charge in [0.25, 0.3) is 0 Å². The van der Waals surface area contributed by atoms with Crippen LogP contribution in [-0.2, 0) is 19.6 Å². The van der Waals surface area contributed by atoms with Crippen molar-refractivity contribution in [3.05, 3.63) is 78.4 Å². The van der Waals surface area contributed by atoms with Crippen LogP contribution in [0.5, 0.6) is 0 Å². The van der Waals surface area contributed by atoms with Gasteiger partial charge in [-0.3, -0.25) is 4.79 Å². The lowest BCUT2D eigenvalue weighted by atomic mass is 10.0. The van der Waals surface area contributed by atoms with Crippen LogP contribution in [0.15, 0.2) is 77.7 Å². The first-order valence-electron chi connectivity index (χ1n) is 14.8. The Morgan fingerprint density at radius 1 is 0.750 bits per heavy atom. The molecule has 218 valence electrons. The van der Waals surface area contributed by atoms with Crippen LogP contribution in [0.25, 0.3) is 10.8 Å². The van der Waals surface area contributed by atoms with E-state index in [1.54, 1.807) is 42.5 Å². The number of unbranched alkanes of at least 4 members (excludes halogenated alkanes) is 11. The number of fused-ring (bicyclic) bond motifs is 1. The maximum Gasteiger partial charge on any atom is 0.327 e. The van der Waals surface area contributed by atoms with Crippen molar-refractivity contribution in [1.82, 2.24) is 4.72 Å². The fraction of sp³-hybridized carbons (Fsp3) is 0.485. The lowest BCUT2D eigenvalue weighted by molar-refractivity contribution is -0.148. The van der Waals surface area contributed by atoms with Gasteiger partial charge < -0.3 is 9.84 Å². The highest BCUT2D eigenvalue weighted by atomic mass is 32.2. The molecule has 0 aliphatic carbocycles. The molecule has 0 bridgehead atoms. The van der Waals surface area contributed by atoms with Crippen LogP contribution in [-0.4, -0.2) is 32.1 Å². The van der Waals surface area contributed by atoms with Crippen molar-refractivity contribution in [3.63, 3.8) is 0 Å². The second kappa shape index (κ2) is 17.2. The molecule has 0 aliphatic heterocycles. The molecule has 40 heavy (non-hydrogen) atoms. The van der Waals surface area contributed by atoms with E-state index in [0.717, 1.165) is 23.6 Å². The minimum atomic E-state index is -4.12. The Kier molecular flexibility index (Phi) is 13.6. The average Bonchev–Trinajstić information content (AvgIpc) is 2.98. The summed E-state index contributed by atoms with van der Waals surface area (Å²) in [6, 6.07) is 19.3. The van der Waals surface area contributed by atoms with Crippen molar-refractivity contribution in [1.29, 1.82) is 0 Å². The van der Waals surface area contributed by atoms with E-state index < -0.39 is 28.1 Å². The number of sulfonamides is 1. The lowest BCUT2D eigenvalue weighted by Crippen LogP contribution is -2.46. The first-order chi connectivity index (χ1) is 19.4. The molecule has 0 aromatic heterocycles. The SMILES string of the molecule is CCCCCCCCCCCCCCOC(=O)[C@@H](NS(=O)(=O)c1ccc2ccccc2c1)[C@H](O)c1ccccc1. The zero-order chi connectivity index (χ0) is 28.6. The van der Waals surface area contributed by atoms with Gasteiger partial charge in [-0.25, -0.2) is 8.42 Å². The molecule has 0 heterocycles. The Hall–Kier alpha value is -2.74. The molecule has 6 nitrogen and oxygen atoms in total. The van der Waals surface area contributed by atoms with Crippen molar-refractivity contribution in [2.45, 2.75) is 101 Å². The second-order valence-corrected chi connectivity index (χ2v) is 12.2. The van der Waals surface area contributed by atoms with E-state index in [2.05, 4.69) is 11.6 Å². The summed E-state index contributed by atoms with van der Waals surface area (Å²) in [5, 5.41) is 12.7. The molecular weight excluding hydrogens is 522 g/mol. The fourth-order valence-electron chi connectivity index (χ4n) is 4.86. The number of carbonyl (C=O) groups excluding carboxylic acids is 1. The number of hydrogen-bond donors (Lipinski definition) is 2. The fourth-order valence-corrected chi connectivity index (χ4v) is 6.08. The zero-order valence-electron chi connectivity index (χ0n) is 23.8. The largest absolute Gasteiger partial charge is 0.464 e. The number of hydrogen-bond acceptors (Lipinski definition) is 5. The topological polar surface area (TPSA) is 92.7 Å². The molecule has 0 unspecified atom stereocenters. The number of aliphatic hydroxyl groups excluding tert-OH is 1. The van der Waals surface area contributed by atoms with Crippen LogP contribution in [0.4, 0.5) is 0 Å². The summed E-state index contributed by atoms with van der Waals surface area (Å²) in [6.07, 6.45) is 13.0. The zero-order valence-corrected chi connectivity index (χ0v) is 24.6. The van der Waals surface area contributed by atoms with Crippen molar-refractivity contribution >= 4 is 26.8 Å². The van der Waals surface area contributed by atoms with E-state index in [9.17, 15) is 18.3 Å². The van der Waals surface area contributed by atoms with E-state index in [4.69, 9.17) is 4.74 Å². The third-order valence-corrected chi connectivity index (χ3v) is 8.71. The van der Waals surface area contributed by atoms with Gasteiger partial charge in [-0.1, -0.05) is 138 Å². The second-order valence-electron chi connectivity index (χ2n) is 10.5. The number of rotatable bonds is 19. The molecule has 0 saturated heterocycles. The summed E-state index contributed by atoms with van der Waals surface area (Å²) in [5.41, 5.74) is 0.427. The van der Waals surface area contributed by atoms with Crippen LogP contribution in [0.2, 0.25) is 0 Å². The maximum absolute atomic E-state index is 13.3. The van der Waals surface area contributed by atoms with Gasteiger partial charge in [0.05, 0.1) is 11.5 Å². The molecule has 2 atom stereocenters. The van der Waals surface area contributed by atoms with Crippen LogP contribution in [0.3, 0.4) is 0 Å². The Morgan fingerprint density at radius 3 is 1.93 bits per heavy atom. The van der Waals surface area contributed by atoms with Crippen molar-refractivity contribution in [2.75, 3.05) is 6.61 Å². The third kappa shape index (κ3) is 10.3. The van der Waals surface area contributed by atoms with Gasteiger partial charge >= 0.3 is 5.97 Å². The molecule has 0 fully saturated rings. The number of benzene rings is 3. The molecule has 0 spiro atoms. The van der Waals surface area contributed by atoms with Gasteiger partial charge in [-0.15, -0.1) is 0 Å². The Balaban J connectivity index is 1.51. The molecule has 0 aliphatic rings. The molecular formula is C33H45NO5S. The highest BCUT2D eigenvalue weighted by molar-refractivity contribution is 7.89. The van der Waals surface area contributed by atoms with Crippen LogP contribution in [0, 0.1) is 0 Å². The van der Waals surface area contributed by atoms with E-state index in [1.807, 2.05) is 24.3 Å². The lowest BCUT2D eigenvalue weighted by Gasteiger charge is -2.23. The molecule has 3 rings (SSSR count).